The van der Waals surface area contributed by atoms with Gasteiger partial charge in [0.05, 0.1) is 6.04 Å². The molecule has 0 saturated carbocycles. The van der Waals surface area contributed by atoms with Gasteiger partial charge in [-0.25, -0.2) is 4.98 Å². The van der Waals surface area contributed by atoms with Crippen LogP contribution in [0, 0.1) is 6.92 Å². The Morgan fingerprint density at radius 1 is 1.38 bits per heavy atom. The first-order valence-electron chi connectivity index (χ1n) is 5.20. The smallest absolute Gasteiger partial charge is 0.154 e. The van der Waals surface area contributed by atoms with Crippen molar-refractivity contribution >= 4 is 5.82 Å². The summed E-state index contributed by atoms with van der Waals surface area (Å²) in [6.07, 6.45) is 3.53. The minimum Gasteiger partial charge on any atom is -0.360 e. The zero-order chi connectivity index (χ0) is 11.5. The highest BCUT2D eigenvalue weighted by Crippen LogP contribution is 2.14. The van der Waals surface area contributed by atoms with Crippen molar-refractivity contribution in [3.8, 4) is 0 Å². The topological polar surface area (TPSA) is 55.6 Å². The number of hydrogen-bond donors (Lipinski definition) is 1. The van der Waals surface area contributed by atoms with Crippen molar-refractivity contribution in [2.24, 2.45) is 7.05 Å². The van der Waals surface area contributed by atoms with Gasteiger partial charge in [0.1, 0.15) is 12.1 Å². The van der Waals surface area contributed by atoms with Crippen molar-refractivity contribution in [3.05, 3.63) is 36.0 Å². The lowest BCUT2D eigenvalue weighted by molar-refractivity contribution is 0.716. The van der Waals surface area contributed by atoms with Gasteiger partial charge in [0.15, 0.2) is 5.82 Å². The second-order valence-electron chi connectivity index (χ2n) is 3.89. The van der Waals surface area contributed by atoms with Gasteiger partial charge in [-0.05, 0) is 25.5 Å². The van der Waals surface area contributed by atoms with E-state index in [1.807, 2.05) is 43.8 Å². The van der Waals surface area contributed by atoms with Crippen molar-refractivity contribution in [2.75, 3.05) is 5.32 Å². The van der Waals surface area contributed by atoms with E-state index in [0.717, 1.165) is 17.2 Å². The molecule has 0 saturated heterocycles. The summed E-state index contributed by atoms with van der Waals surface area (Å²) >= 11 is 0. The first-order chi connectivity index (χ1) is 7.66. The fourth-order valence-corrected chi connectivity index (χ4v) is 1.52. The maximum absolute atomic E-state index is 4.29. The van der Waals surface area contributed by atoms with E-state index < -0.39 is 0 Å². The lowest BCUT2D eigenvalue weighted by Gasteiger charge is -2.13. The molecule has 2 heterocycles. The largest absolute Gasteiger partial charge is 0.360 e. The normalized spacial score (nSPS) is 12.4. The highest BCUT2D eigenvalue weighted by atomic mass is 15.3. The summed E-state index contributed by atoms with van der Waals surface area (Å²) in [5.41, 5.74) is 1.15. The molecule has 0 aliphatic heterocycles. The Hall–Kier alpha value is -1.91. The summed E-state index contributed by atoms with van der Waals surface area (Å²) in [7, 11) is 1.93. The number of aromatic nitrogens is 4. The second kappa shape index (κ2) is 4.30. The van der Waals surface area contributed by atoms with E-state index in [2.05, 4.69) is 20.5 Å². The molecule has 0 bridgehead atoms. The monoisotopic (exact) mass is 217 g/mol. The summed E-state index contributed by atoms with van der Waals surface area (Å²) in [5, 5.41) is 11.2. The Labute approximate surface area is 94.5 Å². The van der Waals surface area contributed by atoms with Crippen LogP contribution in [0.3, 0.4) is 0 Å². The highest BCUT2D eigenvalue weighted by Gasteiger charge is 2.10. The van der Waals surface area contributed by atoms with Crippen LogP contribution in [-0.2, 0) is 7.05 Å². The zero-order valence-electron chi connectivity index (χ0n) is 9.68. The fraction of sp³-hybridized carbons (Fsp3) is 0.364. The third kappa shape index (κ3) is 2.18. The van der Waals surface area contributed by atoms with E-state index in [9.17, 15) is 0 Å². The number of rotatable bonds is 3. The average molecular weight is 217 g/mol. The third-order valence-corrected chi connectivity index (χ3v) is 2.41. The minimum atomic E-state index is 0.0858. The Balaban J connectivity index is 2.10. The van der Waals surface area contributed by atoms with Crippen LogP contribution in [0.2, 0.25) is 0 Å². The van der Waals surface area contributed by atoms with Crippen LogP contribution >= 0.6 is 0 Å². The quantitative estimate of drug-likeness (QED) is 0.850. The molecule has 1 N–H and O–H groups in total. The number of nitrogens with zero attached hydrogens (tertiary/aromatic N) is 4. The van der Waals surface area contributed by atoms with Crippen LogP contribution in [-0.4, -0.2) is 19.7 Å². The summed E-state index contributed by atoms with van der Waals surface area (Å²) in [5.74, 6) is 1.74. The number of aryl methyl sites for hydroxylation is 2. The number of nitrogens with one attached hydrogen (secondary N) is 1. The van der Waals surface area contributed by atoms with Crippen LogP contribution in [0.15, 0.2) is 24.7 Å². The van der Waals surface area contributed by atoms with Crippen LogP contribution in [0.25, 0.3) is 0 Å². The van der Waals surface area contributed by atoms with E-state index in [0.29, 0.717) is 0 Å². The van der Waals surface area contributed by atoms with Gasteiger partial charge in [-0.1, -0.05) is 6.07 Å². The molecule has 0 amide bonds. The maximum Gasteiger partial charge on any atom is 0.154 e. The van der Waals surface area contributed by atoms with Crippen molar-refractivity contribution in [2.45, 2.75) is 19.9 Å². The molecule has 0 fully saturated rings. The SMILES string of the molecule is Cc1ccc(NC(C)c2nncn2C)nc1. The van der Waals surface area contributed by atoms with Gasteiger partial charge in [-0.2, -0.15) is 0 Å². The van der Waals surface area contributed by atoms with Crippen molar-refractivity contribution in [1.29, 1.82) is 0 Å². The molecule has 2 aromatic heterocycles. The molecular formula is C11H15N5. The van der Waals surface area contributed by atoms with E-state index in [1.165, 1.54) is 0 Å². The molecule has 16 heavy (non-hydrogen) atoms. The molecule has 0 radical (unpaired) electrons. The van der Waals surface area contributed by atoms with Crippen LogP contribution in [0.1, 0.15) is 24.4 Å². The molecular weight excluding hydrogens is 202 g/mol. The zero-order valence-corrected chi connectivity index (χ0v) is 9.68. The number of pyridine rings is 1. The van der Waals surface area contributed by atoms with Gasteiger partial charge in [0.25, 0.3) is 0 Å². The molecule has 0 aliphatic carbocycles. The Bertz CT molecular complexity index is 459. The number of anilines is 1. The summed E-state index contributed by atoms with van der Waals surface area (Å²) in [6, 6.07) is 4.07. The molecule has 5 heteroatoms. The average Bonchev–Trinajstić information content (AvgIpc) is 2.68. The van der Waals surface area contributed by atoms with E-state index in [-0.39, 0.29) is 6.04 Å². The molecule has 1 unspecified atom stereocenters. The third-order valence-electron chi connectivity index (χ3n) is 2.41. The first kappa shape index (κ1) is 10.6. The van der Waals surface area contributed by atoms with Crippen molar-refractivity contribution in [3.63, 3.8) is 0 Å². The maximum atomic E-state index is 4.29. The van der Waals surface area contributed by atoms with Gasteiger partial charge in [0.2, 0.25) is 0 Å². The lowest BCUT2D eigenvalue weighted by Crippen LogP contribution is -2.12. The van der Waals surface area contributed by atoms with Crippen LogP contribution < -0.4 is 5.32 Å². The van der Waals surface area contributed by atoms with Gasteiger partial charge >= 0.3 is 0 Å². The Morgan fingerprint density at radius 2 is 2.19 bits per heavy atom. The van der Waals surface area contributed by atoms with E-state index in [1.54, 1.807) is 6.33 Å². The van der Waals surface area contributed by atoms with E-state index >= 15 is 0 Å². The Morgan fingerprint density at radius 3 is 2.75 bits per heavy atom. The predicted octanol–water partition coefficient (Wildman–Crippen LogP) is 1.69. The summed E-state index contributed by atoms with van der Waals surface area (Å²) < 4.78 is 1.89. The molecule has 0 spiro atoms. The van der Waals surface area contributed by atoms with Gasteiger partial charge < -0.3 is 9.88 Å². The molecule has 2 aromatic rings. The molecule has 84 valence electrons. The standard InChI is InChI=1S/C11H15N5/c1-8-4-5-10(12-6-8)14-9(2)11-15-13-7-16(11)3/h4-7,9H,1-3H3,(H,12,14). The lowest BCUT2D eigenvalue weighted by atomic mass is 10.3. The summed E-state index contributed by atoms with van der Waals surface area (Å²) in [6.45, 7) is 4.05. The highest BCUT2D eigenvalue weighted by molar-refractivity contribution is 5.36. The molecule has 0 aromatic carbocycles. The van der Waals surface area contributed by atoms with Gasteiger partial charge in [-0.15, -0.1) is 10.2 Å². The van der Waals surface area contributed by atoms with Crippen LogP contribution in [0.5, 0.6) is 0 Å². The van der Waals surface area contributed by atoms with Crippen LogP contribution in [0.4, 0.5) is 5.82 Å². The number of hydrogen-bond acceptors (Lipinski definition) is 4. The molecule has 5 nitrogen and oxygen atoms in total. The fourth-order valence-electron chi connectivity index (χ4n) is 1.52. The minimum absolute atomic E-state index is 0.0858. The molecule has 0 aliphatic rings. The van der Waals surface area contributed by atoms with E-state index in [4.69, 9.17) is 0 Å². The predicted molar refractivity (Wildman–Crippen MR) is 62.0 cm³/mol. The molecule has 2 rings (SSSR count). The van der Waals surface area contributed by atoms with Gasteiger partial charge in [0, 0.05) is 13.2 Å². The summed E-state index contributed by atoms with van der Waals surface area (Å²) in [4.78, 5) is 4.29. The van der Waals surface area contributed by atoms with Crippen molar-refractivity contribution in [1.82, 2.24) is 19.7 Å². The first-order valence-corrected chi connectivity index (χ1v) is 5.20. The van der Waals surface area contributed by atoms with Crippen molar-refractivity contribution < 1.29 is 0 Å². The Kier molecular flexibility index (Phi) is 2.85. The second-order valence-corrected chi connectivity index (χ2v) is 3.89. The van der Waals surface area contributed by atoms with Gasteiger partial charge in [-0.3, -0.25) is 0 Å². The molecule has 1 atom stereocenters.